The standard InChI is InChI=1S/C26H29N3/c1-15-10-21(11-18-6-7-20(26(27)28)13-22(15)18)25-14-24(25)19-5-4-17-8-9-29(3)16(2)23(17)12-19/h4-7,10-13,16,24-25H,8-9,14H2,1-3H3,(H3,27,28). The summed E-state index contributed by atoms with van der Waals surface area (Å²) in [7, 11) is 2.23. The van der Waals surface area contributed by atoms with Gasteiger partial charge in [0.25, 0.3) is 0 Å². The predicted octanol–water partition coefficient (Wildman–Crippen LogP) is 5.25. The molecule has 1 fully saturated rings. The number of likely N-dealkylation sites (N-methyl/N-ethyl adjacent to an activating group) is 1. The quantitative estimate of drug-likeness (QED) is 0.479. The Hall–Kier alpha value is -2.65. The van der Waals surface area contributed by atoms with Crippen LogP contribution in [0, 0.1) is 12.3 Å². The third-order valence-electron chi connectivity index (χ3n) is 7.16. The number of nitrogen functional groups attached to an aromatic ring is 1. The number of amidine groups is 1. The fraction of sp³-hybridized carbons (Fsp3) is 0.346. The molecule has 1 heterocycles. The first-order chi connectivity index (χ1) is 13.9. The molecule has 2 aliphatic rings. The summed E-state index contributed by atoms with van der Waals surface area (Å²) >= 11 is 0. The van der Waals surface area contributed by atoms with Crippen LogP contribution >= 0.6 is 0 Å². The fourth-order valence-corrected chi connectivity index (χ4v) is 5.07. The Morgan fingerprint density at radius 1 is 1.03 bits per heavy atom. The molecule has 0 saturated heterocycles. The highest BCUT2D eigenvalue weighted by Gasteiger charge is 2.40. The topological polar surface area (TPSA) is 53.1 Å². The maximum atomic E-state index is 7.69. The average molecular weight is 384 g/mol. The zero-order chi connectivity index (χ0) is 20.3. The Labute approximate surface area is 173 Å². The van der Waals surface area contributed by atoms with Gasteiger partial charge in [-0.3, -0.25) is 10.3 Å². The van der Waals surface area contributed by atoms with Crippen LogP contribution < -0.4 is 5.73 Å². The molecule has 1 aliphatic heterocycles. The molecule has 5 rings (SSSR count). The molecule has 1 saturated carbocycles. The van der Waals surface area contributed by atoms with E-state index in [1.165, 1.54) is 45.0 Å². The minimum Gasteiger partial charge on any atom is -0.384 e. The average Bonchev–Trinajstić information content (AvgIpc) is 3.51. The Morgan fingerprint density at radius 3 is 2.62 bits per heavy atom. The molecule has 3 N–H and O–H groups in total. The number of nitrogens with zero attached hydrogens (tertiary/aromatic N) is 1. The van der Waals surface area contributed by atoms with Gasteiger partial charge in [-0.15, -0.1) is 0 Å². The SMILES string of the molecule is Cc1cc(C2CC2c2ccc3c(c2)C(C)N(C)CC3)cc2ccc(C(=N)N)cc12. The number of nitrogens with two attached hydrogens (primary N) is 1. The highest BCUT2D eigenvalue weighted by Crippen LogP contribution is 2.55. The summed E-state index contributed by atoms with van der Waals surface area (Å²) in [6, 6.07) is 18.5. The van der Waals surface area contributed by atoms with E-state index < -0.39 is 0 Å². The minimum absolute atomic E-state index is 0.130. The number of hydrogen-bond acceptors (Lipinski definition) is 2. The molecule has 3 atom stereocenters. The van der Waals surface area contributed by atoms with Gasteiger partial charge < -0.3 is 5.73 Å². The van der Waals surface area contributed by atoms with Crippen LogP contribution in [0.2, 0.25) is 0 Å². The molecular formula is C26H29N3. The fourth-order valence-electron chi connectivity index (χ4n) is 5.07. The molecule has 0 amide bonds. The summed E-state index contributed by atoms with van der Waals surface area (Å²) in [6.45, 7) is 5.65. The maximum Gasteiger partial charge on any atom is 0.122 e. The first-order valence-corrected chi connectivity index (χ1v) is 10.6. The van der Waals surface area contributed by atoms with E-state index >= 15 is 0 Å². The molecule has 3 nitrogen and oxygen atoms in total. The van der Waals surface area contributed by atoms with E-state index in [0.717, 1.165) is 18.5 Å². The van der Waals surface area contributed by atoms with Gasteiger partial charge in [0.15, 0.2) is 0 Å². The second-order valence-corrected chi connectivity index (χ2v) is 9.00. The highest BCUT2D eigenvalue weighted by molar-refractivity contribution is 6.00. The highest BCUT2D eigenvalue weighted by atomic mass is 15.1. The summed E-state index contributed by atoms with van der Waals surface area (Å²) in [4.78, 5) is 2.46. The van der Waals surface area contributed by atoms with E-state index in [-0.39, 0.29) is 5.84 Å². The van der Waals surface area contributed by atoms with Gasteiger partial charge in [-0.2, -0.15) is 0 Å². The lowest BCUT2D eigenvalue weighted by Crippen LogP contribution is -2.30. The minimum atomic E-state index is 0.130. The van der Waals surface area contributed by atoms with Gasteiger partial charge in [0.05, 0.1) is 0 Å². The molecule has 0 spiro atoms. The molecule has 3 aromatic rings. The molecule has 3 unspecified atom stereocenters. The van der Waals surface area contributed by atoms with Gasteiger partial charge in [-0.05, 0) is 90.2 Å². The van der Waals surface area contributed by atoms with E-state index in [0.29, 0.717) is 17.9 Å². The van der Waals surface area contributed by atoms with Gasteiger partial charge in [-0.1, -0.05) is 42.5 Å². The number of nitrogens with one attached hydrogen (secondary N) is 1. The molecule has 29 heavy (non-hydrogen) atoms. The Bertz CT molecular complexity index is 1130. The second-order valence-electron chi connectivity index (χ2n) is 9.00. The van der Waals surface area contributed by atoms with Gasteiger partial charge in [0, 0.05) is 18.2 Å². The van der Waals surface area contributed by atoms with Crippen LogP contribution in [-0.4, -0.2) is 24.3 Å². The van der Waals surface area contributed by atoms with Crippen molar-refractivity contribution >= 4 is 16.6 Å². The van der Waals surface area contributed by atoms with E-state index in [2.05, 4.69) is 62.2 Å². The Kier molecular flexibility index (Phi) is 4.25. The molecule has 0 bridgehead atoms. The van der Waals surface area contributed by atoms with Crippen LogP contribution in [0.25, 0.3) is 10.8 Å². The lowest BCUT2D eigenvalue weighted by atomic mass is 9.90. The monoisotopic (exact) mass is 383 g/mol. The van der Waals surface area contributed by atoms with Crippen molar-refractivity contribution in [2.24, 2.45) is 5.73 Å². The van der Waals surface area contributed by atoms with Crippen LogP contribution in [0.3, 0.4) is 0 Å². The van der Waals surface area contributed by atoms with Crippen molar-refractivity contribution in [3.8, 4) is 0 Å². The Balaban J connectivity index is 1.45. The number of aryl methyl sites for hydroxylation is 1. The predicted molar refractivity (Wildman–Crippen MR) is 121 cm³/mol. The first kappa shape index (κ1) is 18.4. The van der Waals surface area contributed by atoms with Crippen molar-refractivity contribution < 1.29 is 0 Å². The summed E-state index contributed by atoms with van der Waals surface area (Å²) in [5.74, 6) is 1.37. The molecule has 0 radical (unpaired) electrons. The number of hydrogen-bond donors (Lipinski definition) is 2. The van der Waals surface area contributed by atoms with E-state index in [9.17, 15) is 0 Å². The van der Waals surface area contributed by atoms with Gasteiger partial charge in [0.2, 0.25) is 0 Å². The van der Waals surface area contributed by atoms with Gasteiger partial charge in [0.1, 0.15) is 5.84 Å². The lowest BCUT2D eigenvalue weighted by molar-refractivity contribution is 0.247. The zero-order valence-electron chi connectivity index (χ0n) is 17.5. The summed E-state index contributed by atoms with van der Waals surface area (Å²) in [5.41, 5.74) is 13.7. The molecular weight excluding hydrogens is 354 g/mol. The number of rotatable bonds is 3. The van der Waals surface area contributed by atoms with Crippen LogP contribution in [0.1, 0.15) is 64.6 Å². The normalized spacial score (nSPS) is 23.8. The van der Waals surface area contributed by atoms with Crippen molar-refractivity contribution in [3.63, 3.8) is 0 Å². The first-order valence-electron chi connectivity index (χ1n) is 10.6. The maximum absolute atomic E-state index is 7.69. The van der Waals surface area contributed by atoms with E-state index in [1.807, 2.05) is 12.1 Å². The van der Waals surface area contributed by atoms with Crippen LogP contribution in [0.15, 0.2) is 48.5 Å². The molecule has 3 aromatic carbocycles. The number of fused-ring (bicyclic) bond motifs is 2. The molecule has 1 aliphatic carbocycles. The number of benzene rings is 3. The second kappa shape index (κ2) is 6.70. The van der Waals surface area contributed by atoms with Crippen molar-refractivity contribution in [1.29, 1.82) is 5.41 Å². The van der Waals surface area contributed by atoms with Crippen molar-refractivity contribution in [3.05, 3.63) is 81.9 Å². The van der Waals surface area contributed by atoms with Crippen LogP contribution in [-0.2, 0) is 6.42 Å². The largest absolute Gasteiger partial charge is 0.384 e. The Morgan fingerprint density at radius 2 is 1.83 bits per heavy atom. The smallest absolute Gasteiger partial charge is 0.122 e. The third kappa shape index (κ3) is 3.14. The molecule has 0 aromatic heterocycles. The molecule has 148 valence electrons. The lowest BCUT2D eigenvalue weighted by Gasteiger charge is -2.32. The summed E-state index contributed by atoms with van der Waals surface area (Å²) < 4.78 is 0. The molecule has 3 heteroatoms. The van der Waals surface area contributed by atoms with Crippen molar-refractivity contribution in [2.45, 2.75) is 44.6 Å². The van der Waals surface area contributed by atoms with E-state index in [4.69, 9.17) is 11.1 Å². The van der Waals surface area contributed by atoms with E-state index in [1.54, 1.807) is 0 Å². The summed E-state index contributed by atoms with van der Waals surface area (Å²) in [6.07, 6.45) is 2.40. The third-order valence-corrected chi connectivity index (χ3v) is 7.16. The van der Waals surface area contributed by atoms with Crippen LogP contribution in [0.5, 0.6) is 0 Å². The van der Waals surface area contributed by atoms with Crippen LogP contribution in [0.4, 0.5) is 0 Å². The van der Waals surface area contributed by atoms with Crippen molar-refractivity contribution in [1.82, 2.24) is 4.90 Å². The zero-order valence-corrected chi connectivity index (χ0v) is 17.5. The summed E-state index contributed by atoms with van der Waals surface area (Å²) in [5, 5.41) is 10.1. The van der Waals surface area contributed by atoms with Gasteiger partial charge >= 0.3 is 0 Å². The van der Waals surface area contributed by atoms with Gasteiger partial charge in [-0.25, -0.2) is 0 Å². The van der Waals surface area contributed by atoms with Crippen molar-refractivity contribution in [2.75, 3.05) is 13.6 Å².